The molecule has 2 heterocycles. The molecule has 0 spiro atoms. The lowest BCUT2D eigenvalue weighted by molar-refractivity contribution is -0.159. The Balaban J connectivity index is 1.88. The second kappa shape index (κ2) is 4.92. The van der Waals surface area contributed by atoms with Gasteiger partial charge in [0.2, 0.25) is 0 Å². The molecule has 1 unspecified atom stereocenters. The molecule has 0 aromatic heterocycles. The molecule has 2 fully saturated rings. The Hall–Kier alpha value is -0.650. The lowest BCUT2D eigenvalue weighted by Crippen LogP contribution is -2.55. The van der Waals surface area contributed by atoms with Gasteiger partial charge in [-0.05, 0) is 6.92 Å². The number of ether oxygens (including phenoxy) is 2. The average molecular weight is 214 g/mol. The molecule has 2 atom stereocenters. The Bertz CT molecular complexity index is 229. The Labute approximate surface area is 89.7 Å². The summed E-state index contributed by atoms with van der Waals surface area (Å²) in [7, 11) is 0. The number of carbonyl (C=O) groups is 1. The van der Waals surface area contributed by atoms with E-state index in [0.717, 1.165) is 19.6 Å². The molecule has 0 aromatic carbocycles. The van der Waals surface area contributed by atoms with E-state index >= 15 is 0 Å². The van der Waals surface area contributed by atoms with Crippen molar-refractivity contribution in [2.24, 2.45) is 0 Å². The molecule has 1 N–H and O–H groups in total. The van der Waals surface area contributed by atoms with Gasteiger partial charge in [-0.2, -0.15) is 0 Å². The van der Waals surface area contributed by atoms with Crippen LogP contribution >= 0.6 is 0 Å². The van der Waals surface area contributed by atoms with E-state index in [9.17, 15) is 4.79 Å². The minimum Gasteiger partial charge on any atom is -0.376 e. The number of amides is 1. The van der Waals surface area contributed by atoms with Crippen LogP contribution in [0.3, 0.4) is 0 Å². The number of nitrogens with one attached hydrogen (secondary N) is 1. The van der Waals surface area contributed by atoms with E-state index in [4.69, 9.17) is 9.47 Å². The molecule has 2 rings (SSSR count). The van der Waals surface area contributed by atoms with E-state index in [0.29, 0.717) is 25.9 Å². The van der Waals surface area contributed by atoms with Crippen LogP contribution in [0.15, 0.2) is 0 Å². The third kappa shape index (κ3) is 2.68. The second-order valence-electron chi connectivity index (χ2n) is 4.07. The van der Waals surface area contributed by atoms with Crippen molar-refractivity contribution in [2.45, 2.75) is 19.1 Å². The van der Waals surface area contributed by atoms with Crippen LogP contribution in [0.2, 0.25) is 0 Å². The normalized spacial score (nSPS) is 32.7. The highest BCUT2D eigenvalue weighted by Crippen LogP contribution is 2.07. The van der Waals surface area contributed by atoms with E-state index < -0.39 is 0 Å². The zero-order valence-electron chi connectivity index (χ0n) is 9.07. The molecular weight excluding hydrogens is 196 g/mol. The molecule has 5 heteroatoms. The number of nitrogens with zero attached hydrogens (tertiary/aromatic N) is 1. The average Bonchev–Trinajstić information content (AvgIpc) is 2.29. The summed E-state index contributed by atoms with van der Waals surface area (Å²) in [6, 6.07) is 0.368. The highest BCUT2D eigenvalue weighted by Gasteiger charge is 2.29. The van der Waals surface area contributed by atoms with E-state index in [-0.39, 0.29) is 12.0 Å². The molecule has 0 aliphatic carbocycles. The van der Waals surface area contributed by atoms with Crippen LogP contribution in [0.4, 0.5) is 0 Å². The Morgan fingerprint density at radius 1 is 1.47 bits per heavy atom. The van der Waals surface area contributed by atoms with Crippen molar-refractivity contribution < 1.29 is 14.3 Å². The van der Waals surface area contributed by atoms with Crippen molar-refractivity contribution in [3.05, 3.63) is 0 Å². The molecule has 1 amide bonds. The molecule has 0 aromatic rings. The van der Waals surface area contributed by atoms with Crippen LogP contribution in [0.25, 0.3) is 0 Å². The van der Waals surface area contributed by atoms with Crippen molar-refractivity contribution in [3.8, 4) is 0 Å². The first kappa shape index (κ1) is 10.9. The van der Waals surface area contributed by atoms with E-state index in [1.807, 2.05) is 4.90 Å². The standard InChI is InChI=1S/C10H18N2O3/c1-8-6-12(3-2-11-8)10(13)9-7-14-4-5-15-9/h8-9,11H,2-7H2,1H3/t8-,9?/m1/s1. The third-order valence-corrected chi connectivity index (χ3v) is 2.77. The predicted octanol–water partition coefficient (Wildman–Crippen LogP) is -0.778. The van der Waals surface area contributed by atoms with Crippen molar-refractivity contribution in [3.63, 3.8) is 0 Å². The monoisotopic (exact) mass is 214 g/mol. The summed E-state index contributed by atoms with van der Waals surface area (Å²) < 4.78 is 10.6. The third-order valence-electron chi connectivity index (χ3n) is 2.77. The van der Waals surface area contributed by atoms with Crippen molar-refractivity contribution in [2.75, 3.05) is 39.5 Å². The fourth-order valence-electron chi connectivity index (χ4n) is 1.97. The molecular formula is C10H18N2O3. The smallest absolute Gasteiger partial charge is 0.254 e. The summed E-state index contributed by atoms with van der Waals surface area (Å²) in [6.07, 6.45) is -0.385. The summed E-state index contributed by atoms with van der Waals surface area (Å²) in [5.74, 6) is 0.0723. The van der Waals surface area contributed by atoms with Gasteiger partial charge in [-0.25, -0.2) is 0 Å². The quantitative estimate of drug-likeness (QED) is 0.622. The van der Waals surface area contributed by atoms with Crippen molar-refractivity contribution in [1.29, 1.82) is 0 Å². The topological polar surface area (TPSA) is 50.8 Å². The van der Waals surface area contributed by atoms with Crippen LogP contribution in [-0.2, 0) is 14.3 Å². The molecule has 0 bridgehead atoms. The molecule has 5 nitrogen and oxygen atoms in total. The van der Waals surface area contributed by atoms with Crippen LogP contribution in [0, 0.1) is 0 Å². The van der Waals surface area contributed by atoms with Crippen LogP contribution in [0.5, 0.6) is 0 Å². The van der Waals surface area contributed by atoms with Crippen LogP contribution in [-0.4, -0.2) is 62.4 Å². The summed E-state index contributed by atoms with van der Waals surface area (Å²) in [6.45, 7) is 6.00. The molecule has 0 radical (unpaired) electrons. The van der Waals surface area contributed by atoms with Gasteiger partial charge in [0.1, 0.15) is 0 Å². The minimum absolute atomic E-state index is 0.0723. The molecule has 0 saturated carbocycles. The first-order valence-electron chi connectivity index (χ1n) is 5.49. The predicted molar refractivity (Wildman–Crippen MR) is 54.6 cm³/mol. The van der Waals surface area contributed by atoms with E-state index in [2.05, 4.69) is 12.2 Å². The Kier molecular flexibility index (Phi) is 3.56. The number of piperazine rings is 1. The van der Waals surface area contributed by atoms with Gasteiger partial charge in [-0.15, -0.1) is 0 Å². The first-order valence-corrected chi connectivity index (χ1v) is 5.49. The largest absolute Gasteiger partial charge is 0.376 e. The minimum atomic E-state index is -0.385. The molecule has 15 heavy (non-hydrogen) atoms. The molecule has 2 aliphatic rings. The summed E-state index contributed by atoms with van der Waals surface area (Å²) in [5, 5.41) is 3.30. The molecule has 86 valence electrons. The van der Waals surface area contributed by atoms with Gasteiger partial charge in [-0.1, -0.05) is 0 Å². The van der Waals surface area contributed by atoms with E-state index in [1.54, 1.807) is 0 Å². The lowest BCUT2D eigenvalue weighted by Gasteiger charge is -2.35. The maximum absolute atomic E-state index is 12.0. The highest BCUT2D eigenvalue weighted by atomic mass is 16.6. The van der Waals surface area contributed by atoms with Gasteiger partial charge in [0.05, 0.1) is 19.8 Å². The van der Waals surface area contributed by atoms with Gasteiger partial charge >= 0.3 is 0 Å². The molecule has 2 saturated heterocycles. The SMILES string of the molecule is C[C@@H]1CN(C(=O)C2COCCO2)CCN1. The zero-order chi connectivity index (χ0) is 10.7. The number of hydrogen-bond donors (Lipinski definition) is 1. The fourth-order valence-corrected chi connectivity index (χ4v) is 1.97. The van der Waals surface area contributed by atoms with Gasteiger partial charge in [0, 0.05) is 25.7 Å². The maximum atomic E-state index is 12.0. The van der Waals surface area contributed by atoms with Crippen molar-refractivity contribution >= 4 is 5.91 Å². The van der Waals surface area contributed by atoms with Gasteiger partial charge < -0.3 is 19.7 Å². The van der Waals surface area contributed by atoms with Crippen LogP contribution < -0.4 is 5.32 Å². The lowest BCUT2D eigenvalue weighted by atomic mass is 10.2. The number of hydrogen-bond acceptors (Lipinski definition) is 4. The van der Waals surface area contributed by atoms with Crippen molar-refractivity contribution in [1.82, 2.24) is 10.2 Å². The van der Waals surface area contributed by atoms with Gasteiger partial charge in [0.15, 0.2) is 6.10 Å². The number of rotatable bonds is 1. The summed E-state index contributed by atoms with van der Waals surface area (Å²) >= 11 is 0. The number of carbonyl (C=O) groups excluding carboxylic acids is 1. The van der Waals surface area contributed by atoms with Gasteiger partial charge in [-0.3, -0.25) is 4.79 Å². The van der Waals surface area contributed by atoms with Gasteiger partial charge in [0.25, 0.3) is 5.91 Å². The Morgan fingerprint density at radius 3 is 3.00 bits per heavy atom. The summed E-state index contributed by atoms with van der Waals surface area (Å²) in [4.78, 5) is 13.9. The fraction of sp³-hybridized carbons (Fsp3) is 0.900. The maximum Gasteiger partial charge on any atom is 0.254 e. The first-order chi connectivity index (χ1) is 7.27. The second-order valence-corrected chi connectivity index (χ2v) is 4.07. The highest BCUT2D eigenvalue weighted by molar-refractivity contribution is 5.81. The van der Waals surface area contributed by atoms with Crippen LogP contribution in [0.1, 0.15) is 6.92 Å². The zero-order valence-corrected chi connectivity index (χ0v) is 9.07. The Morgan fingerprint density at radius 2 is 2.33 bits per heavy atom. The van der Waals surface area contributed by atoms with E-state index in [1.165, 1.54) is 0 Å². The molecule has 2 aliphatic heterocycles. The summed E-state index contributed by atoms with van der Waals surface area (Å²) in [5.41, 5.74) is 0.